The van der Waals surface area contributed by atoms with Gasteiger partial charge >= 0.3 is 5.97 Å². The Morgan fingerprint density at radius 2 is 1.89 bits per heavy atom. The molecule has 104 valence electrons. The molecule has 0 aromatic rings. The van der Waals surface area contributed by atoms with Crippen LogP contribution in [0.3, 0.4) is 0 Å². The number of rotatable bonds is 4. The molecule has 2 aliphatic rings. The van der Waals surface area contributed by atoms with Crippen molar-refractivity contribution < 1.29 is 14.3 Å². The lowest BCUT2D eigenvalue weighted by Gasteiger charge is -2.33. The number of ether oxygens (including phenoxy) is 2. The van der Waals surface area contributed by atoms with Crippen molar-refractivity contribution in [1.82, 2.24) is 4.90 Å². The molecule has 4 nitrogen and oxygen atoms in total. The molecule has 1 saturated carbocycles. The normalized spacial score (nSPS) is 24.7. The summed E-state index contributed by atoms with van der Waals surface area (Å²) in [4.78, 5) is 14.2. The van der Waals surface area contributed by atoms with Crippen molar-refractivity contribution in [3.05, 3.63) is 0 Å². The van der Waals surface area contributed by atoms with Gasteiger partial charge in [-0.2, -0.15) is 0 Å². The molecule has 2 rings (SSSR count). The van der Waals surface area contributed by atoms with Crippen LogP contribution in [0.2, 0.25) is 0 Å². The van der Waals surface area contributed by atoms with Crippen molar-refractivity contribution in [2.75, 3.05) is 32.8 Å². The molecule has 18 heavy (non-hydrogen) atoms. The first-order chi connectivity index (χ1) is 8.68. The molecule has 4 heteroatoms. The maximum atomic E-state index is 11.9. The maximum absolute atomic E-state index is 11.9. The number of nitrogens with zero attached hydrogens (tertiary/aromatic N) is 1. The molecule has 0 spiro atoms. The maximum Gasteiger partial charge on any atom is 0.307 e. The summed E-state index contributed by atoms with van der Waals surface area (Å²) in [6.45, 7) is 6.33. The lowest BCUT2D eigenvalue weighted by Crippen LogP contribution is -2.39. The van der Waals surface area contributed by atoms with Gasteiger partial charge in [-0.15, -0.1) is 0 Å². The highest BCUT2D eigenvalue weighted by Crippen LogP contribution is 2.31. The first-order valence-corrected chi connectivity index (χ1v) is 7.20. The molecule has 1 aliphatic heterocycles. The Balaban J connectivity index is 1.67. The molecule has 0 aromatic heterocycles. The van der Waals surface area contributed by atoms with Gasteiger partial charge in [0, 0.05) is 19.6 Å². The Morgan fingerprint density at radius 1 is 1.22 bits per heavy atom. The average Bonchev–Trinajstić information content (AvgIpc) is 2.38. The largest absolute Gasteiger partial charge is 0.459 e. The minimum atomic E-state index is -0.194. The van der Waals surface area contributed by atoms with Crippen LogP contribution in [-0.4, -0.2) is 49.3 Å². The van der Waals surface area contributed by atoms with Crippen LogP contribution in [-0.2, 0) is 14.3 Å². The van der Waals surface area contributed by atoms with Crippen molar-refractivity contribution in [3.8, 4) is 0 Å². The minimum absolute atomic E-state index is 0.0362. The topological polar surface area (TPSA) is 38.8 Å². The van der Waals surface area contributed by atoms with E-state index in [1.54, 1.807) is 0 Å². The lowest BCUT2D eigenvalue weighted by atomic mass is 9.86. The SMILES string of the molecule is CC1(OC(=O)CCN2CCOCC2)CCCCC1. The van der Waals surface area contributed by atoms with Gasteiger partial charge in [0.2, 0.25) is 0 Å². The van der Waals surface area contributed by atoms with Crippen molar-refractivity contribution in [3.63, 3.8) is 0 Å². The summed E-state index contributed by atoms with van der Waals surface area (Å²) < 4.78 is 11.0. The summed E-state index contributed by atoms with van der Waals surface area (Å²) in [5, 5.41) is 0. The van der Waals surface area contributed by atoms with Gasteiger partial charge in [-0.3, -0.25) is 9.69 Å². The number of esters is 1. The number of hydrogen-bond donors (Lipinski definition) is 0. The van der Waals surface area contributed by atoms with Crippen molar-refractivity contribution in [2.24, 2.45) is 0 Å². The Kier molecular flexibility index (Phi) is 5.01. The summed E-state index contributed by atoms with van der Waals surface area (Å²) in [6.07, 6.45) is 6.21. The number of hydrogen-bond acceptors (Lipinski definition) is 4. The predicted octanol–water partition coefficient (Wildman–Crippen LogP) is 1.97. The summed E-state index contributed by atoms with van der Waals surface area (Å²) in [7, 11) is 0. The van der Waals surface area contributed by atoms with Gasteiger partial charge in [-0.1, -0.05) is 6.42 Å². The van der Waals surface area contributed by atoms with Gasteiger partial charge in [0.05, 0.1) is 19.6 Å². The second-order valence-electron chi connectivity index (χ2n) is 5.69. The fourth-order valence-corrected chi connectivity index (χ4v) is 2.80. The van der Waals surface area contributed by atoms with E-state index in [9.17, 15) is 4.79 Å². The number of carbonyl (C=O) groups excluding carboxylic acids is 1. The van der Waals surface area contributed by atoms with Crippen LogP contribution in [0.4, 0.5) is 0 Å². The number of morpholine rings is 1. The van der Waals surface area contributed by atoms with Crippen LogP contribution in [0, 0.1) is 0 Å². The van der Waals surface area contributed by atoms with Crippen molar-refractivity contribution in [2.45, 2.75) is 51.0 Å². The zero-order chi connectivity index (χ0) is 12.8. The van der Waals surface area contributed by atoms with E-state index >= 15 is 0 Å². The van der Waals surface area contributed by atoms with Crippen LogP contribution in [0.25, 0.3) is 0 Å². The van der Waals surface area contributed by atoms with E-state index < -0.39 is 0 Å². The average molecular weight is 255 g/mol. The summed E-state index contributed by atoms with van der Waals surface area (Å²) >= 11 is 0. The first kappa shape index (κ1) is 13.8. The van der Waals surface area contributed by atoms with E-state index in [-0.39, 0.29) is 11.6 Å². The molecule has 1 aliphatic carbocycles. The first-order valence-electron chi connectivity index (χ1n) is 7.20. The molecule has 0 atom stereocenters. The molecule has 2 fully saturated rings. The fraction of sp³-hybridized carbons (Fsp3) is 0.929. The molecular formula is C14H25NO3. The van der Waals surface area contributed by atoms with E-state index in [0.29, 0.717) is 6.42 Å². The molecule has 0 aromatic carbocycles. The van der Waals surface area contributed by atoms with Gasteiger partial charge in [-0.25, -0.2) is 0 Å². The lowest BCUT2D eigenvalue weighted by molar-refractivity contribution is -0.161. The third kappa shape index (κ3) is 4.25. The fourth-order valence-electron chi connectivity index (χ4n) is 2.80. The van der Waals surface area contributed by atoms with E-state index in [4.69, 9.17) is 9.47 Å². The second-order valence-corrected chi connectivity index (χ2v) is 5.69. The van der Waals surface area contributed by atoms with Crippen LogP contribution in [0.1, 0.15) is 45.4 Å². The van der Waals surface area contributed by atoms with Gasteiger partial charge in [0.1, 0.15) is 5.60 Å². The molecule has 1 heterocycles. The third-order valence-corrected chi connectivity index (χ3v) is 4.01. The smallest absolute Gasteiger partial charge is 0.307 e. The highest BCUT2D eigenvalue weighted by Gasteiger charge is 2.30. The molecule has 0 unspecified atom stereocenters. The quantitative estimate of drug-likeness (QED) is 0.720. The molecule has 0 amide bonds. The second kappa shape index (κ2) is 6.53. The Labute approximate surface area is 110 Å². The minimum Gasteiger partial charge on any atom is -0.459 e. The highest BCUT2D eigenvalue weighted by atomic mass is 16.6. The van der Waals surface area contributed by atoms with Crippen LogP contribution >= 0.6 is 0 Å². The van der Waals surface area contributed by atoms with E-state index in [1.807, 2.05) is 0 Å². The number of carbonyl (C=O) groups is 1. The standard InChI is InChI=1S/C14H25NO3/c1-14(6-3-2-4-7-14)18-13(16)5-8-15-9-11-17-12-10-15/h2-12H2,1H3. The van der Waals surface area contributed by atoms with Crippen LogP contribution < -0.4 is 0 Å². The monoisotopic (exact) mass is 255 g/mol. The van der Waals surface area contributed by atoms with Gasteiger partial charge in [0.25, 0.3) is 0 Å². The van der Waals surface area contributed by atoms with Crippen molar-refractivity contribution in [1.29, 1.82) is 0 Å². The van der Waals surface area contributed by atoms with E-state index in [0.717, 1.165) is 45.7 Å². The van der Waals surface area contributed by atoms with E-state index in [2.05, 4.69) is 11.8 Å². The predicted molar refractivity (Wildman–Crippen MR) is 69.5 cm³/mol. The van der Waals surface area contributed by atoms with Gasteiger partial charge < -0.3 is 9.47 Å². The summed E-state index contributed by atoms with van der Waals surface area (Å²) in [5.74, 6) is -0.0362. The van der Waals surface area contributed by atoms with E-state index in [1.165, 1.54) is 19.3 Å². The Hall–Kier alpha value is -0.610. The molecule has 0 radical (unpaired) electrons. The Morgan fingerprint density at radius 3 is 2.56 bits per heavy atom. The molecular weight excluding hydrogens is 230 g/mol. The van der Waals surface area contributed by atoms with Crippen LogP contribution in [0.5, 0.6) is 0 Å². The Bertz CT molecular complexity index is 268. The molecule has 0 N–H and O–H groups in total. The summed E-state index contributed by atoms with van der Waals surface area (Å²) in [6, 6.07) is 0. The summed E-state index contributed by atoms with van der Waals surface area (Å²) in [5.41, 5.74) is -0.194. The zero-order valence-electron chi connectivity index (χ0n) is 11.5. The highest BCUT2D eigenvalue weighted by molar-refractivity contribution is 5.70. The van der Waals surface area contributed by atoms with Crippen LogP contribution in [0.15, 0.2) is 0 Å². The van der Waals surface area contributed by atoms with Gasteiger partial charge in [-0.05, 0) is 32.6 Å². The molecule has 1 saturated heterocycles. The van der Waals surface area contributed by atoms with Gasteiger partial charge in [0.15, 0.2) is 0 Å². The van der Waals surface area contributed by atoms with Crippen molar-refractivity contribution >= 4 is 5.97 Å². The molecule has 0 bridgehead atoms. The third-order valence-electron chi connectivity index (χ3n) is 4.01. The zero-order valence-corrected chi connectivity index (χ0v) is 11.5.